The van der Waals surface area contributed by atoms with Crippen LogP contribution in [0.1, 0.15) is 30.8 Å². The molecule has 106 valence electrons. The summed E-state index contributed by atoms with van der Waals surface area (Å²) < 4.78 is 6.68. The highest BCUT2D eigenvalue weighted by Crippen LogP contribution is 2.21. The van der Waals surface area contributed by atoms with Crippen LogP contribution >= 0.6 is 0 Å². The fourth-order valence-electron chi connectivity index (χ4n) is 2.30. The molecule has 2 aromatic heterocycles. The van der Waals surface area contributed by atoms with Gasteiger partial charge in [-0.3, -0.25) is 9.78 Å². The summed E-state index contributed by atoms with van der Waals surface area (Å²) >= 11 is 0. The number of carbonyl (C=O) groups excluding carboxylic acids is 1. The number of esters is 1. The SMILES string of the molecule is CCc1nn(-c2ccncc2)c(CC)c1CC(=O)OC. The van der Waals surface area contributed by atoms with Crippen LogP contribution in [-0.4, -0.2) is 27.8 Å². The predicted molar refractivity (Wildman–Crippen MR) is 75.8 cm³/mol. The summed E-state index contributed by atoms with van der Waals surface area (Å²) in [6, 6.07) is 3.82. The number of nitrogens with zero attached hydrogens (tertiary/aromatic N) is 3. The third-order valence-corrected chi connectivity index (χ3v) is 3.30. The van der Waals surface area contributed by atoms with E-state index in [4.69, 9.17) is 4.74 Å². The van der Waals surface area contributed by atoms with Gasteiger partial charge in [0.2, 0.25) is 0 Å². The molecule has 0 aliphatic rings. The molecule has 0 aliphatic carbocycles. The van der Waals surface area contributed by atoms with E-state index in [2.05, 4.69) is 17.0 Å². The van der Waals surface area contributed by atoms with Crippen molar-refractivity contribution >= 4 is 5.97 Å². The fourth-order valence-corrected chi connectivity index (χ4v) is 2.30. The lowest BCUT2D eigenvalue weighted by Crippen LogP contribution is -2.08. The molecule has 2 heterocycles. The van der Waals surface area contributed by atoms with Gasteiger partial charge in [-0.15, -0.1) is 0 Å². The molecule has 0 atom stereocenters. The lowest BCUT2D eigenvalue weighted by atomic mass is 10.1. The van der Waals surface area contributed by atoms with Crippen LogP contribution in [0, 0.1) is 0 Å². The van der Waals surface area contributed by atoms with E-state index in [1.807, 2.05) is 23.7 Å². The van der Waals surface area contributed by atoms with Crippen molar-refractivity contribution in [1.82, 2.24) is 14.8 Å². The molecule has 5 heteroatoms. The van der Waals surface area contributed by atoms with Crippen LogP contribution in [0.25, 0.3) is 5.69 Å². The first kappa shape index (κ1) is 14.2. The van der Waals surface area contributed by atoms with Gasteiger partial charge in [0, 0.05) is 23.7 Å². The van der Waals surface area contributed by atoms with Crippen LogP contribution < -0.4 is 0 Å². The monoisotopic (exact) mass is 273 g/mol. The molecule has 20 heavy (non-hydrogen) atoms. The third kappa shape index (κ3) is 2.71. The van der Waals surface area contributed by atoms with E-state index in [0.29, 0.717) is 0 Å². The van der Waals surface area contributed by atoms with Gasteiger partial charge in [0.05, 0.1) is 24.9 Å². The second-order valence-corrected chi connectivity index (χ2v) is 4.45. The van der Waals surface area contributed by atoms with Crippen molar-refractivity contribution in [1.29, 1.82) is 0 Å². The minimum absolute atomic E-state index is 0.233. The molecule has 0 saturated heterocycles. The topological polar surface area (TPSA) is 57.0 Å². The van der Waals surface area contributed by atoms with Crippen LogP contribution in [-0.2, 0) is 28.8 Å². The highest BCUT2D eigenvalue weighted by atomic mass is 16.5. The Bertz CT molecular complexity index is 591. The summed E-state index contributed by atoms with van der Waals surface area (Å²) in [6.07, 6.45) is 5.34. The minimum Gasteiger partial charge on any atom is -0.469 e. The van der Waals surface area contributed by atoms with E-state index < -0.39 is 0 Å². The predicted octanol–water partition coefficient (Wildman–Crippen LogP) is 2.11. The van der Waals surface area contributed by atoms with Crippen LogP contribution in [0.4, 0.5) is 0 Å². The first-order chi connectivity index (χ1) is 9.71. The number of aromatic nitrogens is 3. The average molecular weight is 273 g/mol. The molecule has 0 bridgehead atoms. The summed E-state index contributed by atoms with van der Waals surface area (Å²) in [6.45, 7) is 4.11. The normalized spacial score (nSPS) is 10.6. The Morgan fingerprint density at radius 3 is 2.50 bits per heavy atom. The van der Waals surface area contributed by atoms with Crippen LogP contribution in [0.3, 0.4) is 0 Å². The zero-order valence-corrected chi connectivity index (χ0v) is 12.1. The molecule has 5 nitrogen and oxygen atoms in total. The van der Waals surface area contributed by atoms with Gasteiger partial charge in [0.25, 0.3) is 0 Å². The van der Waals surface area contributed by atoms with Crippen molar-refractivity contribution in [3.8, 4) is 5.69 Å². The zero-order valence-electron chi connectivity index (χ0n) is 12.1. The molecule has 0 spiro atoms. The van der Waals surface area contributed by atoms with Gasteiger partial charge >= 0.3 is 5.97 Å². The van der Waals surface area contributed by atoms with E-state index in [1.54, 1.807) is 12.4 Å². The van der Waals surface area contributed by atoms with Gasteiger partial charge in [0.15, 0.2) is 0 Å². The van der Waals surface area contributed by atoms with Gasteiger partial charge in [0.1, 0.15) is 0 Å². The number of hydrogen-bond donors (Lipinski definition) is 0. The maximum absolute atomic E-state index is 11.6. The van der Waals surface area contributed by atoms with E-state index in [0.717, 1.165) is 35.5 Å². The minimum atomic E-state index is -0.233. The van der Waals surface area contributed by atoms with Crippen molar-refractivity contribution in [2.75, 3.05) is 7.11 Å². The second kappa shape index (κ2) is 6.32. The summed E-state index contributed by atoms with van der Waals surface area (Å²) in [5, 5.41) is 4.64. The molecule has 0 aromatic carbocycles. The molecule has 0 amide bonds. The van der Waals surface area contributed by atoms with Gasteiger partial charge in [-0.2, -0.15) is 5.10 Å². The van der Waals surface area contributed by atoms with Crippen molar-refractivity contribution in [3.05, 3.63) is 41.5 Å². The number of aryl methyl sites for hydroxylation is 1. The largest absolute Gasteiger partial charge is 0.469 e. The summed E-state index contributed by atoms with van der Waals surface area (Å²) in [5.41, 5.74) is 3.95. The lowest BCUT2D eigenvalue weighted by Gasteiger charge is -2.07. The maximum Gasteiger partial charge on any atom is 0.310 e. The number of ether oxygens (including phenoxy) is 1. The van der Waals surface area contributed by atoms with Crippen LogP contribution in [0.15, 0.2) is 24.5 Å². The van der Waals surface area contributed by atoms with Gasteiger partial charge in [-0.1, -0.05) is 13.8 Å². The molecule has 0 saturated carbocycles. The van der Waals surface area contributed by atoms with Crippen molar-refractivity contribution in [3.63, 3.8) is 0 Å². The summed E-state index contributed by atoms with van der Waals surface area (Å²) in [5.74, 6) is -0.233. The molecule has 0 fully saturated rings. The van der Waals surface area contributed by atoms with Crippen molar-refractivity contribution in [2.45, 2.75) is 33.1 Å². The smallest absolute Gasteiger partial charge is 0.310 e. The molecule has 2 aromatic rings. The molecular weight excluding hydrogens is 254 g/mol. The first-order valence-electron chi connectivity index (χ1n) is 6.78. The number of pyridine rings is 1. The van der Waals surface area contributed by atoms with Gasteiger partial charge < -0.3 is 4.74 Å². The Labute approximate surface area is 118 Å². The van der Waals surface area contributed by atoms with E-state index >= 15 is 0 Å². The number of hydrogen-bond acceptors (Lipinski definition) is 4. The molecular formula is C15H19N3O2. The lowest BCUT2D eigenvalue weighted by molar-refractivity contribution is -0.139. The molecule has 0 aliphatic heterocycles. The maximum atomic E-state index is 11.6. The standard InChI is InChI=1S/C15H19N3O2/c1-4-13-12(10-15(19)20-3)14(5-2)18(17-13)11-6-8-16-9-7-11/h6-9H,4-5,10H2,1-3H3. The second-order valence-electron chi connectivity index (χ2n) is 4.45. The molecule has 0 unspecified atom stereocenters. The number of rotatable bonds is 5. The highest BCUT2D eigenvalue weighted by Gasteiger charge is 2.19. The molecule has 0 radical (unpaired) electrons. The Hall–Kier alpha value is -2.17. The Morgan fingerprint density at radius 1 is 1.25 bits per heavy atom. The van der Waals surface area contributed by atoms with E-state index in [9.17, 15) is 4.79 Å². The van der Waals surface area contributed by atoms with Crippen molar-refractivity contribution < 1.29 is 9.53 Å². The average Bonchev–Trinajstić information content (AvgIpc) is 2.85. The zero-order chi connectivity index (χ0) is 14.5. The van der Waals surface area contributed by atoms with Gasteiger partial charge in [-0.25, -0.2) is 4.68 Å². The highest BCUT2D eigenvalue weighted by molar-refractivity contribution is 5.73. The number of methoxy groups -OCH3 is 1. The Morgan fingerprint density at radius 2 is 1.95 bits per heavy atom. The number of carbonyl (C=O) groups is 1. The van der Waals surface area contributed by atoms with Crippen molar-refractivity contribution in [2.24, 2.45) is 0 Å². The van der Waals surface area contributed by atoms with Gasteiger partial charge in [-0.05, 0) is 25.0 Å². The van der Waals surface area contributed by atoms with Crippen LogP contribution in [0.2, 0.25) is 0 Å². The Kier molecular flexibility index (Phi) is 4.50. The fraction of sp³-hybridized carbons (Fsp3) is 0.400. The summed E-state index contributed by atoms with van der Waals surface area (Å²) in [7, 11) is 1.41. The van der Waals surface area contributed by atoms with Crippen LogP contribution in [0.5, 0.6) is 0 Å². The quantitative estimate of drug-likeness (QED) is 0.783. The molecule has 2 rings (SSSR count). The van der Waals surface area contributed by atoms with E-state index in [-0.39, 0.29) is 12.4 Å². The summed E-state index contributed by atoms with van der Waals surface area (Å²) in [4.78, 5) is 15.6. The molecule has 0 N–H and O–H groups in total. The van der Waals surface area contributed by atoms with E-state index in [1.165, 1.54) is 7.11 Å². The Balaban J connectivity index is 2.51. The third-order valence-electron chi connectivity index (χ3n) is 3.30. The first-order valence-corrected chi connectivity index (χ1v) is 6.78.